The minimum atomic E-state index is 0.527. The Morgan fingerprint density at radius 1 is 1.33 bits per heavy atom. The number of aryl methyl sites for hydroxylation is 1. The molecule has 0 bridgehead atoms. The Labute approximate surface area is 73.6 Å². The van der Waals surface area contributed by atoms with Crippen LogP contribution in [0.2, 0.25) is 0 Å². The lowest BCUT2D eigenvalue weighted by Gasteiger charge is -2.06. The second-order valence-electron chi connectivity index (χ2n) is 2.89. The molecule has 1 rings (SSSR count). The summed E-state index contributed by atoms with van der Waals surface area (Å²) in [5.74, 6) is 0. The zero-order chi connectivity index (χ0) is 8.97. The van der Waals surface area contributed by atoms with Crippen molar-refractivity contribution in [3.8, 4) is 6.07 Å². The molecule has 0 saturated carbocycles. The zero-order valence-electron chi connectivity index (χ0n) is 7.59. The maximum absolute atomic E-state index is 8.56. The van der Waals surface area contributed by atoms with Gasteiger partial charge in [-0.25, -0.2) is 0 Å². The van der Waals surface area contributed by atoms with Crippen LogP contribution in [0.25, 0.3) is 0 Å². The third-order valence-corrected chi connectivity index (χ3v) is 2.21. The highest BCUT2D eigenvalue weighted by molar-refractivity contribution is 5.35. The fraction of sp³-hybridized carbons (Fsp3) is 0.364. The van der Waals surface area contributed by atoms with Gasteiger partial charge in [0.25, 0.3) is 0 Å². The first kappa shape index (κ1) is 8.80. The molecule has 0 unspecified atom stereocenters. The Balaban J connectivity index is 3.07. The highest BCUT2D eigenvalue weighted by atomic mass is 14.2. The van der Waals surface area contributed by atoms with E-state index >= 15 is 0 Å². The van der Waals surface area contributed by atoms with Gasteiger partial charge in [0.15, 0.2) is 0 Å². The van der Waals surface area contributed by atoms with Gasteiger partial charge < -0.3 is 0 Å². The molecule has 12 heavy (non-hydrogen) atoms. The summed E-state index contributed by atoms with van der Waals surface area (Å²) in [4.78, 5) is 0. The van der Waals surface area contributed by atoms with Crippen LogP contribution in [0.3, 0.4) is 0 Å². The first-order chi connectivity index (χ1) is 5.79. The summed E-state index contributed by atoms with van der Waals surface area (Å²) in [5.41, 5.74) is 3.79. The second-order valence-corrected chi connectivity index (χ2v) is 2.89. The minimum Gasteiger partial charge on any atom is -0.198 e. The van der Waals surface area contributed by atoms with E-state index in [0.29, 0.717) is 6.42 Å². The molecule has 0 heterocycles. The molecule has 0 atom stereocenters. The molecule has 0 N–H and O–H groups in total. The lowest BCUT2D eigenvalue weighted by atomic mass is 9.99. The topological polar surface area (TPSA) is 23.8 Å². The smallest absolute Gasteiger partial charge is 0.0669 e. The summed E-state index contributed by atoms with van der Waals surface area (Å²) in [6, 6.07) is 8.35. The van der Waals surface area contributed by atoms with Crippen LogP contribution >= 0.6 is 0 Å². The Morgan fingerprint density at radius 3 is 2.58 bits per heavy atom. The maximum atomic E-state index is 8.56. The van der Waals surface area contributed by atoms with Crippen LogP contribution in [0.1, 0.15) is 23.6 Å². The van der Waals surface area contributed by atoms with Crippen molar-refractivity contribution in [3.05, 3.63) is 34.9 Å². The highest BCUT2D eigenvalue weighted by Gasteiger charge is 2.00. The molecule has 0 radical (unpaired) electrons. The lowest BCUT2D eigenvalue weighted by molar-refractivity contribution is 1.08. The average molecular weight is 159 g/mol. The zero-order valence-corrected chi connectivity index (χ0v) is 7.59. The molecule has 1 aromatic rings. The molecular weight excluding hydrogens is 146 g/mol. The summed E-state index contributed by atoms with van der Waals surface area (Å²) in [6.07, 6.45) is 1.57. The predicted molar refractivity (Wildman–Crippen MR) is 49.9 cm³/mol. The number of nitrogens with zero attached hydrogens (tertiary/aromatic N) is 1. The summed E-state index contributed by atoms with van der Waals surface area (Å²) in [7, 11) is 0. The third-order valence-electron chi connectivity index (χ3n) is 2.21. The molecular formula is C11H13N. The number of hydrogen-bond donors (Lipinski definition) is 0. The van der Waals surface area contributed by atoms with E-state index in [9.17, 15) is 0 Å². The summed E-state index contributed by atoms with van der Waals surface area (Å²) in [6.45, 7) is 4.23. The molecule has 0 saturated heterocycles. The Bertz CT molecular complexity index is 307. The summed E-state index contributed by atoms with van der Waals surface area (Å²) < 4.78 is 0. The van der Waals surface area contributed by atoms with Gasteiger partial charge >= 0.3 is 0 Å². The van der Waals surface area contributed by atoms with Gasteiger partial charge in [0.2, 0.25) is 0 Å². The maximum Gasteiger partial charge on any atom is 0.0669 e. The van der Waals surface area contributed by atoms with Crippen molar-refractivity contribution in [3.63, 3.8) is 0 Å². The standard InChI is InChI=1S/C11H13N/c1-3-10-5-4-6-11(7-8-12)9(10)2/h4-6H,3,7H2,1-2H3. The highest BCUT2D eigenvalue weighted by Crippen LogP contribution is 2.14. The van der Waals surface area contributed by atoms with Gasteiger partial charge in [-0.05, 0) is 30.0 Å². The first-order valence-electron chi connectivity index (χ1n) is 4.24. The van der Waals surface area contributed by atoms with E-state index in [1.807, 2.05) is 12.1 Å². The Morgan fingerprint density at radius 2 is 2.00 bits per heavy atom. The average Bonchev–Trinajstić information content (AvgIpc) is 2.09. The Hall–Kier alpha value is -1.29. The van der Waals surface area contributed by atoms with Gasteiger partial charge in [0, 0.05) is 0 Å². The van der Waals surface area contributed by atoms with Crippen LogP contribution in [-0.4, -0.2) is 0 Å². The summed E-state index contributed by atoms with van der Waals surface area (Å²) >= 11 is 0. The molecule has 0 aliphatic heterocycles. The molecule has 0 aliphatic carbocycles. The van der Waals surface area contributed by atoms with Gasteiger partial charge in [-0.3, -0.25) is 0 Å². The first-order valence-corrected chi connectivity index (χ1v) is 4.24. The third kappa shape index (κ3) is 1.65. The van der Waals surface area contributed by atoms with Crippen molar-refractivity contribution in [2.45, 2.75) is 26.7 Å². The van der Waals surface area contributed by atoms with Gasteiger partial charge in [0.05, 0.1) is 12.5 Å². The molecule has 1 heteroatoms. The number of benzene rings is 1. The van der Waals surface area contributed by atoms with Crippen LogP contribution in [0.15, 0.2) is 18.2 Å². The van der Waals surface area contributed by atoms with E-state index in [-0.39, 0.29) is 0 Å². The normalized spacial score (nSPS) is 9.42. The van der Waals surface area contributed by atoms with Crippen LogP contribution < -0.4 is 0 Å². The van der Waals surface area contributed by atoms with Crippen LogP contribution in [0, 0.1) is 18.3 Å². The molecule has 62 valence electrons. The van der Waals surface area contributed by atoms with E-state index in [4.69, 9.17) is 5.26 Å². The van der Waals surface area contributed by atoms with E-state index in [1.165, 1.54) is 11.1 Å². The fourth-order valence-electron chi connectivity index (χ4n) is 1.40. The van der Waals surface area contributed by atoms with Crippen molar-refractivity contribution in [2.24, 2.45) is 0 Å². The van der Waals surface area contributed by atoms with Crippen molar-refractivity contribution in [1.29, 1.82) is 5.26 Å². The second kappa shape index (κ2) is 3.92. The largest absolute Gasteiger partial charge is 0.198 e. The summed E-state index contributed by atoms with van der Waals surface area (Å²) in [5, 5.41) is 8.56. The predicted octanol–water partition coefficient (Wildman–Crippen LogP) is 2.62. The number of hydrogen-bond acceptors (Lipinski definition) is 1. The van der Waals surface area contributed by atoms with Gasteiger partial charge in [-0.1, -0.05) is 25.1 Å². The molecule has 0 spiro atoms. The molecule has 0 aliphatic rings. The number of nitriles is 1. The molecule has 0 aromatic heterocycles. The van der Waals surface area contributed by atoms with Crippen molar-refractivity contribution >= 4 is 0 Å². The molecule has 1 aromatic carbocycles. The van der Waals surface area contributed by atoms with Gasteiger partial charge in [-0.2, -0.15) is 5.26 Å². The van der Waals surface area contributed by atoms with Crippen molar-refractivity contribution < 1.29 is 0 Å². The van der Waals surface area contributed by atoms with Gasteiger partial charge in [0.1, 0.15) is 0 Å². The van der Waals surface area contributed by atoms with E-state index in [0.717, 1.165) is 12.0 Å². The minimum absolute atomic E-state index is 0.527. The Kier molecular flexibility index (Phi) is 2.88. The van der Waals surface area contributed by atoms with Crippen LogP contribution in [0.4, 0.5) is 0 Å². The monoisotopic (exact) mass is 159 g/mol. The van der Waals surface area contributed by atoms with Gasteiger partial charge in [-0.15, -0.1) is 0 Å². The van der Waals surface area contributed by atoms with Crippen LogP contribution in [0.5, 0.6) is 0 Å². The van der Waals surface area contributed by atoms with E-state index in [1.54, 1.807) is 0 Å². The van der Waals surface area contributed by atoms with Crippen LogP contribution in [-0.2, 0) is 12.8 Å². The van der Waals surface area contributed by atoms with Crippen molar-refractivity contribution in [2.75, 3.05) is 0 Å². The lowest BCUT2D eigenvalue weighted by Crippen LogP contribution is -1.92. The molecule has 1 nitrogen and oxygen atoms in total. The molecule has 0 fully saturated rings. The molecule has 0 amide bonds. The fourth-order valence-corrected chi connectivity index (χ4v) is 1.40. The van der Waals surface area contributed by atoms with Crippen molar-refractivity contribution in [1.82, 2.24) is 0 Å². The van der Waals surface area contributed by atoms with E-state index in [2.05, 4.69) is 26.0 Å². The quantitative estimate of drug-likeness (QED) is 0.650. The SMILES string of the molecule is CCc1cccc(CC#N)c1C. The van der Waals surface area contributed by atoms with E-state index < -0.39 is 0 Å². The number of rotatable bonds is 2.